The molecule has 3 heteroatoms. The van der Waals surface area contributed by atoms with Gasteiger partial charge in [-0.05, 0) is 12.8 Å². The van der Waals surface area contributed by atoms with Crippen LogP contribution < -0.4 is 0 Å². The van der Waals surface area contributed by atoms with Crippen LogP contribution in [-0.2, 0) is 0 Å². The predicted molar refractivity (Wildman–Crippen MR) is 34.0 cm³/mol. The molecule has 0 aliphatic heterocycles. The SMILES string of the molecule is C[C@]1(CO)CCCC1(F)F. The Kier molecular flexibility index (Phi) is 1.71. The van der Waals surface area contributed by atoms with E-state index in [4.69, 9.17) is 5.11 Å². The third-order valence-electron chi connectivity index (χ3n) is 2.45. The fraction of sp³-hybridized carbons (Fsp3) is 1.00. The minimum Gasteiger partial charge on any atom is -0.396 e. The predicted octanol–water partition coefficient (Wildman–Crippen LogP) is 1.80. The van der Waals surface area contributed by atoms with E-state index in [-0.39, 0.29) is 6.42 Å². The van der Waals surface area contributed by atoms with Gasteiger partial charge in [-0.2, -0.15) is 0 Å². The Hall–Kier alpha value is -0.180. The van der Waals surface area contributed by atoms with Crippen LogP contribution in [0.25, 0.3) is 0 Å². The van der Waals surface area contributed by atoms with Gasteiger partial charge in [-0.3, -0.25) is 0 Å². The first-order chi connectivity index (χ1) is 4.52. The molecule has 60 valence electrons. The van der Waals surface area contributed by atoms with Crippen LogP contribution in [0, 0.1) is 5.41 Å². The van der Waals surface area contributed by atoms with Crippen molar-refractivity contribution in [2.45, 2.75) is 32.1 Å². The lowest BCUT2D eigenvalue weighted by Gasteiger charge is -2.28. The van der Waals surface area contributed by atoms with E-state index < -0.39 is 17.9 Å². The van der Waals surface area contributed by atoms with Gasteiger partial charge in [-0.1, -0.05) is 6.92 Å². The zero-order valence-electron chi connectivity index (χ0n) is 6.03. The van der Waals surface area contributed by atoms with Gasteiger partial charge in [0.25, 0.3) is 5.92 Å². The van der Waals surface area contributed by atoms with E-state index in [1.165, 1.54) is 6.92 Å². The third-order valence-corrected chi connectivity index (χ3v) is 2.45. The highest BCUT2D eigenvalue weighted by Gasteiger charge is 2.53. The molecule has 0 radical (unpaired) electrons. The van der Waals surface area contributed by atoms with Gasteiger partial charge in [-0.25, -0.2) is 8.78 Å². The molecule has 0 aromatic carbocycles. The number of rotatable bonds is 1. The van der Waals surface area contributed by atoms with Crippen molar-refractivity contribution >= 4 is 0 Å². The molecule has 0 amide bonds. The van der Waals surface area contributed by atoms with E-state index in [1.54, 1.807) is 0 Å². The Morgan fingerprint density at radius 2 is 2.00 bits per heavy atom. The molecule has 0 heterocycles. The van der Waals surface area contributed by atoms with Crippen molar-refractivity contribution in [2.75, 3.05) is 6.61 Å². The fourth-order valence-electron chi connectivity index (χ4n) is 1.38. The first-order valence-corrected chi connectivity index (χ1v) is 3.50. The topological polar surface area (TPSA) is 20.2 Å². The highest BCUT2D eigenvalue weighted by atomic mass is 19.3. The average Bonchev–Trinajstić information content (AvgIpc) is 2.10. The van der Waals surface area contributed by atoms with Crippen molar-refractivity contribution < 1.29 is 13.9 Å². The second kappa shape index (κ2) is 2.16. The highest BCUT2D eigenvalue weighted by molar-refractivity contribution is 4.94. The minimum absolute atomic E-state index is 0.0654. The molecule has 1 N–H and O–H groups in total. The molecule has 1 fully saturated rings. The lowest BCUT2D eigenvalue weighted by atomic mass is 9.87. The van der Waals surface area contributed by atoms with Gasteiger partial charge in [0.2, 0.25) is 0 Å². The molecule has 1 aliphatic carbocycles. The van der Waals surface area contributed by atoms with Gasteiger partial charge in [0.15, 0.2) is 0 Å². The largest absolute Gasteiger partial charge is 0.396 e. The first kappa shape index (κ1) is 7.92. The third kappa shape index (κ3) is 0.926. The Bertz CT molecular complexity index is 136. The van der Waals surface area contributed by atoms with Crippen LogP contribution >= 0.6 is 0 Å². The van der Waals surface area contributed by atoms with Gasteiger partial charge in [0.05, 0.1) is 12.0 Å². The summed E-state index contributed by atoms with van der Waals surface area (Å²) in [5, 5.41) is 8.68. The van der Waals surface area contributed by atoms with Crippen LogP contribution in [-0.4, -0.2) is 17.6 Å². The lowest BCUT2D eigenvalue weighted by molar-refractivity contribution is -0.110. The molecule has 1 rings (SSSR count). The zero-order valence-corrected chi connectivity index (χ0v) is 6.03. The summed E-state index contributed by atoms with van der Waals surface area (Å²) in [6.45, 7) is 1.04. The summed E-state index contributed by atoms with van der Waals surface area (Å²) < 4.78 is 25.7. The number of alkyl halides is 2. The first-order valence-electron chi connectivity index (χ1n) is 3.50. The molecule has 0 aromatic heterocycles. The van der Waals surface area contributed by atoms with Gasteiger partial charge >= 0.3 is 0 Å². The molecular weight excluding hydrogens is 138 g/mol. The minimum atomic E-state index is -2.65. The Labute approximate surface area is 59.0 Å². The van der Waals surface area contributed by atoms with Gasteiger partial charge in [-0.15, -0.1) is 0 Å². The maximum absolute atomic E-state index is 12.8. The molecule has 1 aliphatic rings. The number of hydrogen-bond donors (Lipinski definition) is 1. The number of hydrogen-bond acceptors (Lipinski definition) is 1. The maximum Gasteiger partial charge on any atom is 0.255 e. The highest BCUT2D eigenvalue weighted by Crippen LogP contribution is 2.49. The fourth-order valence-corrected chi connectivity index (χ4v) is 1.38. The van der Waals surface area contributed by atoms with E-state index in [9.17, 15) is 8.78 Å². The van der Waals surface area contributed by atoms with E-state index >= 15 is 0 Å². The standard InChI is InChI=1S/C7H12F2O/c1-6(5-10)3-2-4-7(6,8)9/h10H,2-5H2,1H3/t6-/m1/s1. The van der Waals surface area contributed by atoms with Crippen molar-refractivity contribution in [1.29, 1.82) is 0 Å². The summed E-state index contributed by atoms with van der Waals surface area (Å²) in [7, 11) is 0. The molecule has 0 aromatic rings. The van der Waals surface area contributed by atoms with E-state index in [2.05, 4.69) is 0 Å². The summed E-state index contributed by atoms with van der Waals surface area (Å²) in [6.07, 6.45) is 0.907. The van der Waals surface area contributed by atoms with Crippen molar-refractivity contribution in [3.63, 3.8) is 0 Å². The molecule has 0 spiro atoms. The Morgan fingerprint density at radius 1 is 1.40 bits per heavy atom. The maximum atomic E-state index is 12.8. The summed E-state index contributed by atoms with van der Waals surface area (Å²) in [4.78, 5) is 0. The molecule has 1 saturated carbocycles. The Balaban J connectivity index is 2.76. The number of halogens is 2. The smallest absolute Gasteiger partial charge is 0.255 e. The molecule has 0 saturated heterocycles. The quantitative estimate of drug-likeness (QED) is 0.604. The average molecular weight is 150 g/mol. The second-order valence-electron chi connectivity index (χ2n) is 3.28. The molecule has 0 bridgehead atoms. The van der Waals surface area contributed by atoms with Gasteiger partial charge in [0, 0.05) is 6.42 Å². The number of aliphatic hydroxyl groups is 1. The van der Waals surface area contributed by atoms with Crippen LogP contribution in [0.4, 0.5) is 8.78 Å². The summed E-state index contributed by atoms with van der Waals surface area (Å²) in [6, 6.07) is 0. The van der Waals surface area contributed by atoms with E-state index in [0.717, 1.165) is 0 Å². The normalized spacial score (nSPS) is 38.4. The molecule has 10 heavy (non-hydrogen) atoms. The van der Waals surface area contributed by atoms with Gasteiger partial charge in [0.1, 0.15) is 0 Å². The van der Waals surface area contributed by atoms with Crippen LogP contribution in [0.15, 0.2) is 0 Å². The zero-order chi connectivity index (χ0) is 7.83. The van der Waals surface area contributed by atoms with E-state index in [0.29, 0.717) is 12.8 Å². The van der Waals surface area contributed by atoms with Crippen LogP contribution in [0.1, 0.15) is 26.2 Å². The molecule has 1 atom stereocenters. The summed E-state index contributed by atoms with van der Waals surface area (Å²) in [5.74, 6) is -2.65. The van der Waals surface area contributed by atoms with E-state index in [1.807, 2.05) is 0 Å². The second-order valence-corrected chi connectivity index (χ2v) is 3.28. The molecular formula is C7H12F2O. The van der Waals surface area contributed by atoms with Crippen molar-refractivity contribution in [2.24, 2.45) is 5.41 Å². The van der Waals surface area contributed by atoms with Crippen molar-refractivity contribution in [3.8, 4) is 0 Å². The summed E-state index contributed by atoms with van der Waals surface area (Å²) in [5.41, 5.74) is -1.15. The van der Waals surface area contributed by atoms with Crippen molar-refractivity contribution in [3.05, 3.63) is 0 Å². The molecule has 1 nitrogen and oxygen atoms in total. The molecule has 0 unspecified atom stereocenters. The lowest BCUT2D eigenvalue weighted by Crippen LogP contribution is -2.36. The van der Waals surface area contributed by atoms with Crippen LogP contribution in [0.3, 0.4) is 0 Å². The van der Waals surface area contributed by atoms with Gasteiger partial charge < -0.3 is 5.11 Å². The summed E-state index contributed by atoms with van der Waals surface area (Å²) >= 11 is 0. The van der Waals surface area contributed by atoms with Crippen molar-refractivity contribution in [1.82, 2.24) is 0 Å². The number of aliphatic hydroxyl groups excluding tert-OH is 1. The van der Waals surface area contributed by atoms with Crippen LogP contribution in [0.5, 0.6) is 0 Å². The Morgan fingerprint density at radius 3 is 2.20 bits per heavy atom. The van der Waals surface area contributed by atoms with Crippen LogP contribution in [0.2, 0.25) is 0 Å². The monoisotopic (exact) mass is 150 g/mol.